The molecule has 0 radical (unpaired) electrons. The van der Waals surface area contributed by atoms with Crippen LogP contribution in [0.2, 0.25) is 0 Å². The van der Waals surface area contributed by atoms with E-state index in [1.54, 1.807) is 4.31 Å². The Morgan fingerprint density at radius 1 is 1.39 bits per heavy atom. The molecular formula is C15H25FN4O2S. The van der Waals surface area contributed by atoms with Crippen molar-refractivity contribution in [2.45, 2.75) is 39.5 Å². The van der Waals surface area contributed by atoms with Gasteiger partial charge in [0.25, 0.3) is 0 Å². The molecule has 0 amide bonds. The van der Waals surface area contributed by atoms with E-state index in [1.807, 2.05) is 13.8 Å². The predicted molar refractivity (Wildman–Crippen MR) is 88.2 cm³/mol. The third-order valence-corrected chi connectivity index (χ3v) is 6.08. The van der Waals surface area contributed by atoms with Crippen LogP contribution in [-0.2, 0) is 16.4 Å². The fourth-order valence-corrected chi connectivity index (χ4v) is 4.42. The lowest BCUT2D eigenvalue weighted by molar-refractivity contribution is 0.459. The monoisotopic (exact) mass is 344 g/mol. The maximum atomic E-state index is 14.1. The molecule has 23 heavy (non-hydrogen) atoms. The van der Waals surface area contributed by atoms with Crippen molar-refractivity contribution in [1.82, 2.24) is 14.3 Å². The summed E-state index contributed by atoms with van der Waals surface area (Å²) in [5.41, 5.74) is 0.387. The van der Waals surface area contributed by atoms with Gasteiger partial charge in [-0.15, -0.1) is 0 Å². The van der Waals surface area contributed by atoms with Crippen LogP contribution in [0, 0.1) is 11.7 Å². The number of hydrogen-bond donors (Lipinski definition) is 1. The molecule has 8 heteroatoms. The Morgan fingerprint density at radius 3 is 2.87 bits per heavy atom. The third kappa shape index (κ3) is 4.60. The second-order valence-electron chi connectivity index (χ2n) is 5.90. The van der Waals surface area contributed by atoms with Crippen molar-refractivity contribution in [2.75, 3.05) is 30.7 Å². The van der Waals surface area contributed by atoms with E-state index >= 15 is 0 Å². The van der Waals surface area contributed by atoms with Crippen LogP contribution in [-0.4, -0.2) is 48.1 Å². The predicted octanol–water partition coefficient (Wildman–Crippen LogP) is 2.04. The van der Waals surface area contributed by atoms with Gasteiger partial charge in [0.15, 0.2) is 11.6 Å². The molecular weight excluding hydrogens is 319 g/mol. The van der Waals surface area contributed by atoms with Crippen molar-refractivity contribution in [3.63, 3.8) is 0 Å². The molecule has 1 aromatic heterocycles. The summed E-state index contributed by atoms with van der Waals surface area (Å²) < 4.78 is 40.0. The molecule has 1 unspecified atom stereocenters. The summed E-state index contributed by atoms with van der Waals surface area (Å²) >= 11 is 0. The molecule has 1 fully saturated rings. The van der Waals surface area contributed by atoms with Crippen LogP contribution >= 0.6 is 0 Å². The number of hydrogen-bond acceptors (Lipinski definition) is 5. The Labute approximate surface area is 137 Å². The minimum absolute atomic E-state index is 0.172. The molecule has 0 spiro atoms. The Bertz CT molecular complexity index is 624. The maximum Gasteiger partial charge on any atom is 0.214 e. The van der Waals surface area contributed by atoms with Crippen molar-refractivity contribution < 1.29 is 12.8 Å². The highest BCUT2D eigenvalue weighted by Gasteiger charge is 2.30. The van der Waals surface area contributed by atoms with E-state index < -0.39 is 15.8 Å². The first-order valence-corrected chi connectivity index (χ1v) is 9.79. The number of anilines is 1. The van der Waals surface area contributed by atoms with Crippen LogP contribution in [0.4, 0.5) is 10.2 Å². The lowest BCUT2D eigenvalue weighted by Gasteiger charge is -2.17. The van der Waals surface area contributed by atoms with Crippen LogP contribution in [0.25, 0.3) is 0 Å². The summed E-state index contributed by atoms with van der Waals surface area (Å²) in [5, 5.41) is 3.00. The fourth-order valence-electron chi connectivity index (χ4n) is 2.69. The molecule has 0 aromatic carbocycles. The zero-order chi connectivity index (χ0) is 16.9. The molecule has 1 aliphatic heterocycles. The number of nitrogens with zero attached hydrogens (tertiary/aromatic N) is 3. The Kier molecular flexibility index (Phi) is 6.29. The average Bonchev–Trinajstić information content (AvgIpc) is 3.02. The molecule has 1 aromatic rings. The van der Waals surface area contributed by atoms with Gasteiger partial charge >= 0.3 is 0 Å². The number of rotatable bonds is 8. The molecule has 2 rings (SSSR count). The smallest absolute Gasteiger partial charge is 0.214 e. The van der Waals surface area contributed by atoms with Crippen molar-refractivity contribution in [1.29, 1.82) is 0 Å². The molecule has 2 heterocycles. The highest BCUT2D eigenvalue weighted by atomic mass is 32.2. The van der Waals surface area contributed by atoms with Gasteiger partial charge in [-0.3, -0.25) is 0 Å². The van der Waals surface area contributed by atoms with E-state index in [2.05, 4.69) is 15.3 Å². The largest absolute Gasteiger partial charge is 0.367 e. The summed E-state index contributed by atoms with van der Waals surface area (Å²) in [5.74, 6) is 0.166. The van der Waals surface area contributed by atoms with Gasteiger partial charge < -0.3 is 5.32 Å². The first-order valence-electron chi connectivity index (χ1n) is 8.19. The SMILES string of the molecule is CCCCS(=O)(=O)N1CCC(CNc2ncnc(CC)c2F)C1. The van der Waals surface area contributed by atoms with E-state index in [0.717, 1.165) is 12.8 Å². The van der Waals surface area contributed by atoms with Crippen molar-refractivity contribution in [3.8, 4) is 0 Å². The van der Waals surface area contributed by atoms with Crippen molar-refractivity contribution >= 4 is 15.8 Å². The fraction of sp³-hybridized carbons (Fsp3) is 0.733. The number of aromatic nitrogens is 2. The second-order valence-corrected chi connectivity index (χ2v) is 7.99. The Balaban J connectivity index is 1.89. The van der Waals surface area contributed by atoms with E-state index in [4.69, 9.17) is 0 Å². The van der Waals surface area contributed by atoms with Crippen molar-refractivity contribution in [3.05, 3.63) is 17.8 Å². The highest BCUT2D eigenvalue weighted by molar-refractivity contribution is 7.89. The molecule has 0 saturated carbocycles. The molecule has 130 valence electrons. The van der Waals surface area contributed by atoms with E-state index in [-0.39, 0.29) is 17.5 Å². The minimum atomic E-state index is -3.15. The van der Waals surface area contributed by atoms with Crippen LogP contribution in [0.3, 0.4) is 0 Å². The molecule has 1 aliphatic rings. The van der Waals surface area contributed by atoms with Crippen LogP contribution < -0.4 is 5.32 Å². The van der Waals surface area contributed by atoms with Gasteiger partial charge in [0.05, 0.1) is 11.4 Å². The van der Waals surface area contributed by atoms with Gasteiger partial charge in [0.2, 0.25) is 10.0 Å². The molecule has 0 bridgehead atoms. The molecule has 6 nitrogen and oxygen atoms in total. The highest BCUT2D eigenvalue weighted by Crippen LogP contribution is 2.21. The van der Waals surface area contributed by atoms with E-state index in [9.17, 15) is 12.8 Å². The second kappa shape index (κ2) is 8.01. The zero-order valence-corrected chi connectivity index (χ0v) is 14.6. The van der Waals surface area contributed by atoms with Crippen LogP contribution in [0.5, 0.6) is 0 Å². The average molecular weight is 344 g/mol. The Hall–Kier alpha value is -1.28. The number of nitrogens with one attached hydrogen (secondary N) is 1. The summed E-state index contributed by atoms with van der Waals surface area (Å²) in [4.78, 5) is 7.82. The maximum absolute atomic E-state index is 14.1. The number of unbranched alkanes of at least 4 members (excludes halogenated alkanes) is 1. The quantitative estimate of drug-likeness (QED) is 0.781. The molecule has 0 aliphatic carbocycles. The van der Waals surface area contributed by atoms with E-state index in [1.165, 1.54) is 6.33 Å². The van der Waals surface area contributed by atoms with Gasteiger partial charge in [0, 0.05) is 19.6 Å². The molecule has 1 N–H and O–H groups in total. The van der Waals surface area contributed by atoms with E-state index in [0.29, 0.717) is 38.2 Å². The number of halogens is 1. The number of sulfonamides is 1. The number of aryl methyl sites for hydroxylation is 1. The summed E-state index contributed by atoms with van der Waals surface area (Å²) in [6, 6.07) is 0. The molecule has 1 atom stereocenters. The summed E-state index contributed by atoms with van der Waals surface area (Å²) in [6.45, 7) is 5.37. The standard InChI is InChI=1S/C15H25FN4O2S/c1-3-5-8-23(21,22)20-7-6-12(10-20)9-17-15-14(16)13(4-2)18-11-19-15/h11-12H,3-10H2,1-2H3,(H,17,18,19). The summed E-state index contributed by atoms with van der Waals surface area (Å²) in [7, 11) is -3.15. The van der Waals surface area contributed by atoms with Gasteiger partial charge in [-0.25, -0.2) is 27.1 Å². The van der Waals surface area contributed by atoms with Crippen molar-refractivity contribution in [2.24, 2.45) is 5.92 Å². The minimum Gasteiger partial charge on any atom is -0.367 e. The van der Waals surface area contributed by atoms with Gasteiger partial charge in [-0.1, -0.05) is 20.3 Å². The van der Waals surface area contributed by atoms with Crippen LogP contribution in [0.15, 0.2) is 6.33 Å². The molecule has 1 saturated heterocycles. The first-order chi connectivity index (χ1) is 11.0. The summed E-state index contributed by atoms with van der Waals surface area (Å²) in [6.07, 6.45) is 4.19. The lowest BCUT2D eigenvalue weighted by Crippen LogP contribution is -2.31. The topological polar surface area (TPSA) is 75.2 Å². The van der Waals surface area contributed by atoms with Crippen LogP contribution in [0.1, 0.15) is 38.8 Å². The normalized spacial score (nSPS) is 19.2. The third-order valence-electron chi connectivity index (χ3n) is 4.15. The first kappa shape index (κ1) is 18.1. The van der Waals surface area contributed by atoms with Gasteiger partial charge in [0.1, 0.15) is 6.33 Å². The van der Waals surface area contributed by atoms with Gasteiger partial charge in [-0.2, -0.15) is 0 Å². The zero-order valence-electron chi connectivity index (χ0n) is 13.8. The Morgan fingerprint density at radius 2 is 2.17 bits per heavy atom. The lowest BCUT2D eigenvalue weighted by atomic mass is 10.1. The van der Waals surface area contributed by atoms with Gasteiger partial charge in [-0.05, 0) is 25.2 Å².